The van der Waals surface area contributed by atoms with Gasteiger partial charge in [-0.15, -0.1) is 0 Å². The Bertz CT molecular complexity index is 228. The van der Waals surface area contributed by atoms with Gasteiger partial charge in [-0.1, -0.05) is 36.1 Å². The van der Waals surface area contributed by atoms with Crippen LogP contribution in [0.5, 0.6) is 0 Å². The summed E-state index contributed by atoms with van der Waals surface area (Å²) in [7, 11) is 2.16. The van der Waals surface area contributed by atoms with E-state index in [2.05, 4.69) is 39.9 Å². The van der Waals surface area contributed by atoms with Crippen LogP contribution in [-0.2, 0) is 6.42 Å². The molecule has 1 heteroatoms. The first kappa shape index (κ1) is 7.39. The molecule has 0 aliphatic rings. The third-order valence-corrected chi connectivity index (χ3v) is 1.98. The molecule has 0 aliphatic carbocycles. The molecule has 0 amide bonds. The summed E-state index contributed by atoms with van der Waals surface area (Å²) in [5.41, 5.74) is 4.22. The van der Waals surface area contributed by atoms with Gasteiger partial charge >= 0.3 is 0 Å². The summed E-state index contributed by atoms with van der Waals surface area (Å²) in [4.78, 5) is 0. The highest BCUT2D eigenvalue weighted by Gasteiger charge is 1.92. The highest BCUT2D eigenvalue weighted by atomic mass is 13.9. The average molecular weight is 132 g/mol. The van der Waals surface area contributed by atoms with Gasteiger partial charge in [0.15, 0.2) is 0 Å². The lowest BCUT2D eigenvalue weighted by molar-refractivity contribution is 1.14. The Labute approximate surface area is 63.7 Å². The largest absolute Gasteiger partial charge is 0.139 e. The molecule has 1 rings (SSSR count). The fraction of sp³-hybridized carbons (Fsp3) is 0.333. The van der Waals surface area contributed by atoms with Gasteiger partial charge < -0.3 is 0 Å². The molecule has 1 aromatic carbocycles. The SMILES string of the molecule is Bc1cc(CC)ccc1C. The summed E-state index contributed by atoms with van der Waals surface area (Å²) in [6.07, 6.45) is 1.14. The zero-order valence-corrected chi connectivity index (χ0v) is 6.94. The van der Waals surface area contributed by atoms with Crippen molar-refractivity contribution >= 4 is 13.3 Å². The number of hydrogen-bond donors (Lipinski definition) is 0. The molecule has 0 atom stereocenters. The summed E-state index contributed by atoms with van der Waals surface area (Å²) in [6, 6.07) is 6.64. The minimum Gasteiger partial charge on any atom is -0.0858 e. The Kier molecular flexibility index (Phi) is 2.15. The molecule has 0 nitrogen and oxygen atoms in total. The molecule has 0 aromatic heterocycles. The second-order valence-corrected chi connectivity index (χ2v) is 2.77. The Hall–Kier alpha value is -0.715. The fourth-order valence-electron chi connectivity index (χ4n) is 1.02. The lowest BCUT2D eigenvalue weighted by Crippen LogP contribution is -2.07. The summed E-state index contributed by atoms with van der Waals surface area (Å²) in [6.45, 7) is 4.33. The number of benzene rings is 1. The highest BCUT2D eigenvalue weighted by molar-refractivity contribution is 6.33. The minimum absolute atomic E-state index is 1.14. The quantitative estimate of drug-likeness (QED) is 0.496. The van der Waals surface area contributed by atoms with Crippen LogP contribution in [0.25, 0.3) is 0 Å². The maximum Gasteiger partial charge on any atom is 0.139 e. The van der Waals surface area contributed by atoms with E-state index >= 15 is 0 Å². The van der Waals surface area contributed by atoms with Crippen LogP contribution in [0.4, 0.5) is 0 Å². The Morgan fingerprint density at radius 3 is 2.60 bits per heavy atom. The van der Waals surface area contributed by atoms with Gasteiger partial charge in [-0.25, -0.2) is 0 Å². The van der Waals surface area contributed by atoms with E-state index in [1.54, 1.807) is 0 Å². The van der Waals surface area contributed by atoms with Gasteiger partial charge in [0.2, 0.25) is 0 Å². The standard InChI is InChI=1S/C9H13B/c1-3-8-5-4-7(2)9(10)6-8/h4-6H,3,10H2,1-2H3. The van der Waals surface area contributed by atoms with E-state index in [4.69, 9.17) is 0 Å². The van der Waals surface area contributed by atoms with Gasteiger partial charge in [-0.2, -0.15) is 0 Å². The molecule has 0 heterocycles. The van der Waals surface area contributed by atoms with E-state index in [0.29, 0.717) is 0 Å². The van der Waals surface area contributed by atoms with E-state index < -0.39 is 0 Å². The van der Waals surface area contributed by atoms with Crippen LogP contribution < -0.4 is 5.46 Å². The monoisotopic (exact) mass is 132 g/mol. The van der Waals surface area contributed by atoms with Crippen LogP contribution in [0, 0.1) is 6.92 Å². The summed E-state index contributed by atoms with van der Waals surface area (Å²) < 4.78 is 0. The molecule has 0 saturated carbocycles. The molecule has 0 radical (unpaired) electrons. The maximum absolute atomic E-state index is 2.26. The first-order valence-electron chi connectivity index (χ1n) is 3.80. The van der Waals surface area contributed by atoms with E-state index in [0.717, 1.165) is 6.42 Å². The molecule has 52 valence electrons. The van der Waals surface area contributed by atoms with Crippen molar-refractivity contribution in [3.8, 4) is 0 Å². The lowest BCUT2D eigenvalue weighted by Gasteiger charge is -2.01. The lowest BCUT2D eigenvalue weighted by atomic mass is 9.89. The van der Waals surface area contributed by atoms with Crippen LogP contribution >= 0.6 is 0 Å². The van der Waals surface area contributed by atoms with Gasteiger partial charge in [-0.05, 0) is 18.9 Å². The van der Waals surface area contributed by atoms with Crippen molar-refractivity contribution in [2.24, 2.45) is 0 Å². The van der Waals surface area contributed by atoms with E-state index in [1.807, 2.05) is 0 Å². The van der Waals surface area contributed by atoms with Crippen LogP contribution in [0.1, 0.15) is 18.1 Å². The summed E-state index contributed by atoms with van der Waals surface area (Å²) in [5.74, 6) is 0. The molecule has 0 spiro atoms. The van der Waals surface area contributed by atoms with E-state index in [9.17, 15) is 0 Å². The van der Waals surface area contributed by atoms with Crippen molar-refractivity contribution in [1.82, 2.24) is 0 Å². The molecule has 0 bridgehead atoms. The summed E-state index contributed by atoms with van der Waals surface area (Å²) in [5, 5.41) is 0. The van der Waals surface area contributed by atoms with Gasteiger partial charge in [0.05, 0.1) is 0 Å². The van der Waals surface area contributed by atoms with Crippen LogP contribution in [0.15, 0.2) is 18.2 Å². The zero-order chi connectivity index (χ0) is 7.56. The number of aryl methyl sites for hydroxylation is 2. The first-order chi connectivity index (χ1) is 4.74. The molecular weight excluding hydrogens is 119 g/mol. The topological polar surface area (TPSA) is 0 Å². The zero-order valence-electron chi connectivity index (χ0n) is 6.94. The normalized spacial score (nSPS) is 9.80. The van der Waals surface area contributed by atoms with Crippen molar-refractivity contribution in [2.45, 2.75) is 20.3 Å². The van der Waals surface area contributed by atoms with Gasteiger partial charge in [0.25, 0.3) is 0 Å². The molecule has 0 N–H and O–H groups in total. The minimum atomic E-state index is 1.14. The maximum atomic E-state index is 2.26. The second kappa shape index (κ2) is 2.91. The van der Waals surface area contributed by atoms with Crippen molar-refractivity contribution in [1.29, 1.82) is 0 Å². The Morgan fingerprint density at radius 1 is 1.40 bits per heavy atom. The molecule has 0 unspecified atom stereocenters. The predicted octanol–water partition coefficient (Wildman–Crippen LogP) is 0.816. The van der Waals surface area contributed by atoms with Gasteiger partial charge in [0, 0.05) is 0 Å². The molecule has 0 aliphatic heterocycles. The fourth-order valence-corrected chi connectivity index (χ4v) is 1.02. The first-order valence-corrected chi connectivity index (χ1v) is 3.80. The van der Waals surface area contributed by atoms with Crippen LogP contribution in [0.2, 0.25) is 0 Å². The number of hydrogen-bond acceptors (Lipinski definition) is 0. The third kappa shape index (κ3) is 1.41. The van der Waals surface area contributed by atoms with E-state index in [-0.39, 0.29) is 0 Å². The average Bonchev–Trinajstić information content (AvgIpc) is 1.95. The van der Waals surface area contributed by atoms with Gasteiger partial charge in [0.1, 0.15) is 7.85 Å². The highest BCUT2D eigenvalue weighted by Crippen LogP contribution is 1.99. The third-order valence-electron chi connectivity index (χ3n) is 1.98. The second-order valence-electron chi connectivity index (χ2n) is 2.77. The van der Waals surface area contributed by atoms with E-state index in [1.165, 1.54) is 16.6 Å². The van der Waals surface area contributed by atoms with Crippen molar-refractivity contribution in [2.75, 3.05) is 0 Å². The molecule has 1 aromatic rings. The van der Waals surface area contributed by atoms with Gasteiger partial charge in [-0.3, -0.25) is 0 Å². The Balaban J connectivity index is 3.04. The predicted molar refractivity (Wildman–Crippen MR) is 48.7 cm³/mol. The van der Waals surface area contributed by atoms with Crippen molar-refractivity contribution < 1.29 is 0 Å². The Morgan fingerprint density at radius 2 is 2.10 bits per heavy atom. The molecule has 0 fully saturated rings. The van der Waals surface area contributed by atoms with Crippen LogP contribution in [0.3, 0.4) is 0 Å². The molecule has 0 saturated heterocycles. The molecule has 10 heavy (non-hydrogen) atoms. The molecular formula is C9H13B. The smallest absolute Gasteiger partial charge is 0.0858 e. The number of rotatable bonds is 1. The van der Waals surface area contributed by atoms with Crippen molar-refractivity contribution in [3.05, 3.63) is 29.3 Å². The van der Waals surface area contributed by atoms with Crippen LogP contribution in [-0.4, -0.2) is 7.85 Å². The summed E-state index contributed by atoms with van der Waals surface area (Å²) >= 11 is 0. The van der Waals surface area contributed by atoms with Crippen molar-refractivity contribution in [3.63, 3.8) is 0 Å².